The highest BCUT2D eigenvalue weighted by Gasteiger charge is 2.03. The maximum absolute atomic E-state index is 12.8. The molecule has 1 unspecified atom stereocenters. The van der Waals surface area contributed by atoms with Gasteiger partial charge in [0.25, 0.3) is 0 Å². The highest BCUT2D eigenvalue weighted by molar-refractivity contribution is 9.09. The fourth-order valence-electron chi connectivity index (χ4n) is 1.16. The van der Waals surface area contributed by atoms with Crippen LogP contribution in [0, 0.1) is 12.7 Å². The van der Waals surface area contributed by atoms with E-state index in [1.165, 1.54) is 6.07 Å². The van der Waals surface area contributed by atoms with E-state index in [0.29, 0.717) is 4.83 Å². The van der Waals surface area contributed by atoms with E-state index >= 15 is 0 Å². The van der Waals surface area contributed by atoms with Crippen LogP contribution < -0.4 is 0 Å². The van der Waals surface area contributed by atoms with Crippen molar-refractivity contribution in [1.82, 2.24) is 0 Å². The molecule has 0 nitrogen and oxygen atoms in total. The number of benzene rings is 1. The minimum absolute atomic E-state index is 0.149. The summed E-state index contributed by atoms with van der Waals surface area (Å²) in [5, 5.41) is 0. The summed E-state index contributed by atoms with van der Waals surface area (Å²) in [6, 6.07) is 4.92. The van der Waals surface area contributed by atoms with Gasteiger partial charge in [0.15, 0.2) is 0 Å². The Morgan fingerprint density at radius 3 is 2.75 bits per heavy atom. The van der Waals surface area contributed by atoms with E-state index in [-0.39, 0.29) is 5.82 Å². The van der Waals surface area contributed by atoms with Gasteiger partial charge in [-0.3, -0.25) is 0 Å². The van der Waals surface area contributed by atoms with Crippen molar-refractivity contribution in [2.75, 3.05) is 0 Å². The van der Waals surface area contributed by atoms with E-state index in [1.54, 1.807) is 6.07 Å². The average Bonchev–Trinajstić information content (AvgIpc) is 1.96. The van der Waals surface area contributed by atoms with Gasteiger partial charge in [-0.25, -0.2) is 4.39 Å². The summed E-state index contributed by atoms with van der Waals surface area (Å²) in [5.41, 5.74) is 2.24. The molecule has 0 amide bonds. The molecule has 1 rings (SSSR count). The number of alkyl halides is 1. The first-order chi connectivity index (χ1) is 5.59. The van der Waals surface area contributed by atoms with Gasteiger partial charge in [0.2, 0.25) is 0 Å². The molecule has 0 bridgehead atoms. The Morgan fingerprint density at radius 2 is 2.17 bits per heavy atom. The van der Waals surface area contributed by atoms with Crippen LogP contribution in [-0.2, 0) is 6.42 Å². The first-order valence-electron chi connectivity index (χ1n) is 3.98. The average molecular weight is 231 g/mol. The first-order valence-corrected chi connectivity index (χ1v) is 4.90. The van der Waals surface area contributed by atoms with E-state index in [2.05, 4.69) is 22.9 Å². The van der Waals surface area contributed by atoms with Crippen LogP contribution in [0.3, 0.4) is 0 Å². The number of rotatable bonds is 2. The maximum Gasteiger partial charge on any atom is 0.123 e. The van der Waals surface area contributed by atoms with Crippen molar-refractivity contribution < 1.29 is 4.39 Å². The molecule has 66 valence electrons. The zero-order valence-electron chi connectivity index (χ0n) is 7.27. The van der Waals surface area contributed by atoms with Crippen LogP contribution in [0.5, 0.6) is 0 Å². The molecule has 0 saturated carbocycles. The van der Waals surface area contributed by atoms with Gasteiger partial charge in [0.05, 0.1) is 0 Å². The van der Waals surface area contributed by atoms with E-state index in [0.717, 1.165) is 17.5 Å². The Bertz CT molecular complexity index is 269. The van der Waals surface area contributed by atoms with Gasteiger partial charge >= 0.3 is 0 Å². The molecule has 12 heavy (non-hydrogen) atoms. The molecule has 0 aliphatic carbocycles. The third-order valence-corrected chi connectivity index (χ3v) is 2.14. The van der Waals surface area contributed by atoms with Crippen molar-refractivity contribution in [1.29, 1.82) is 0 Å². The third-order valence-electron chi connectivity index (χ3n) is 1.81. The molecular weight excluding hydrogens is 219 g/mol. The summed E-state index contributed by atoms with van der Waals surface area (Å²) in [5.74, 6) is -0.149. The Hall–Kier alpha value is -0.370. The molecule has 0 aromatic heterocycles. The monoisotopic (exact) mass is 230 g/mol. The second-order valence-electron chi connectivity index (χ2n) is 3.06. The van der Waals surface area contributed by atoms with Crippen molar-refractivity contribution in [2.24, 2.45) is 0 Å². The van der Waals surface area contributed by atoms with Gasteiger partial charge in [0.1, 0.15) is 5.82 Å². The van der Waals surface area contributed by atoms with Crippen molar-refractivity contribution in [2.45, 2.75) is 25.1 Å². The summed E-state index contributed by atoms with van der Waals surface area (Å²) >= 11 is 3.45. The summed E-state index contributed by atoms with van der Waals surface area (Å²) in [4.78, 5) is 0.401. The number of hydrogen-bond donors (Lipinski definition) is 0. The molecular formula is C10H12BrF. The largest absolute Gasteiger partial charge is 0.207 e. The fourth-order valence-corrected chi connectivity index (χ4v) is 1.51. The van der Waals surface area contributed by atoms with Gasteiger partial charge in [-0.05, 0) is 36.6 Å². The normalized spacial score (nSPS) is 13.0. The van der Waals surface area contributed by atoms with Crippen molar-refractivity contribution >= 4 is 15.9 Å². The Kier molecular flexibility index (Phi) is 3.27. The van der Waals surface area contributed by atoms with Gasteiger partial charge in [-0.15, -0.1) is 0 Å². The Balaban J connectivity index is 2.90. The predicted octanol–water partition coefficient (Wildman–Crippen LogP) is 3.46. The van der Waals surface area contributed by atoms with Gasteiger partial charge in [-0.2, -0.15) is 0 Å². The number of hydrogen-bond acceptors (Lipinski definition) is 0. The van der Waals surface area contributed by atoms with E-state index in [4.69, 9.17) is 0 Å². The third kappa shape index (κ3) is 2.59. The lowest BCUT2D eigenvalue weighted by molar-refractivity contribution is 0.624. The van der Waals surface area contributed by atoms with Crippen LogP contribution in [0.15, 0.2) is 18.2 Å². The van der Waals surface area contributed by atoms with Gasteiger partial charge < -0.3 is 0 Å². The minimum atomic E-state index is -0.149. The lowest BCUT2D eigenvalue weighted by Gasteiger charge is -2.06. The van der Waals surface area contributed by atoms with Crippen molar-refractivity contribution in [3.63, 3.8) is 0 Å². The standard InChI is InChI=1S/C10H12BrF/c1-7-3-4-10(12)6-9(7)5-8(2)11/h3-4,6,8H,5H2,1-2H3. The van der Waals surface area contributed by atoms with E-state index < -0.39 is 0 Å². The molecule has 1 atom stereocenters. The van der Waals surface area contributed by atoms with Crippen LogP contribution in [-0.4, -0.2) is 4.83 Å². The lowest BCUT2D eigenvalue weighted by atomic mass is 10.0. The van der Waals surface area contributed by atoms with Crippen LogP contribution in [0.25, 0.3) is 0 Å². The molecule has 0 aliphatic heterocycles. The van der Waals surface area contributed by atoms with E-state index in [1.807, 2.05) is 13.0 Å². The summed E-state index contributed by atoms with van der Waals surface area (Å²) < 4.78 is 12.8. The zero-order valence-corrected chi connectivity index (χ0v) is 8.86. The van der Waals surface area contributed by atoms with E-state index in [9.17, 15) is 4.39 Å². The second kappa shape index (κ2) is 4.04. The molecule has 1 aromatic rings. The van der Waals surface area contributed by atoms with Gasteiger partial charge in [0, 0.05) is 4.83 Å². The smallest absolute Gasteiger partial charge is 0.123 e. The molecule has 0 heterocycles. The Morgan fingerprint density at radius 1 is 1.50 bits per heavy atom. The van der Waals surface area contributed by atoms with Crippen LogP contribution in [0.2, 0.25) is 0 Å². The molecule has 0 N–H and O–H groups in total. The predicted molar refractivity (Wildman–Crippen MR) is 53.2 cm³/mol. The number of aryl methyl sites for hydroxylation is 1. The highest BCUT2D eigenvalue weighted by Crippen LogP contribution is 2.15. The molecule has 0 spiro atoms. The molecule has 0 saturated heterocycles. The fraction of sp³-hybridized carbons (Fsp3) is 0.400. The second-order valence-corrected chi connectivity index (χ2v) is 4.62. The van der Waals surface area contributed by atoms with Crippen LogP contribution >= 0.6 is 15.9 Å². The maximum atomic E-state index is 12.8. The summed E-state index contributed by atoms with van der Waals surface area (Å²) in [7, 11) is 0. The molecule has 1 aromatic carbocycles. The topological polar surface area (TPSA) is 0 Å². The zero-order chi connectivity index (χ0) is 9.14. The van der Waals surface area contributed by atoms with Crippen molar-refractivity contribution in [3.05, 3.63) is 35.1 Å². The first kappa shape index (κ1) is 9.72. The molecule has 0 aliphatic rings. The van der Waals surface area contributed by atoms with Crippen molar-refractivity contribution in [3.8, 4) is 0 Å². The van der Waals surface area contributed by atoms with Crippen LogP contribution in [0.1, 0.15) is 18.1 Å². The number of halogens is 2. The molecule has 0 radical (unpaired) electrons. The van der Waals surface area contributed by atoms with Crippen LogP contribution in [0.4, 0.5) is 4.39 Å². The SMILES string of the molecule is Cc1ccc(F)cc1CC(C)Br. The minimum Gasteiger partial charge on any atom is -0.207 e. The van der Waals surface area contributed by atoms with Gasteiger partial charge in [-0.1, -0.05) is 28.9 Å². The summed E-state index contributed by atoms with van der Waals surface area (Å²) in [6.45, 7) is 4.06. The molecule has 0 fully saturated rings. The molecule has 2 heteroatoms. The highest BCUT2D eigenvalue weighted by atomic mass is 79.9. The Labute approximate surface area is 80.9 Å². The lowest BCUT2D eigenvalue weighted by Crippen LogP contribution is -1.99. The summed E-state index contributed by atoms with van der Waals surface area (Å²) in [6.07, 6.45) is 0.879. The quantitative estimate of drug-likeness (QED) is 0.683.